The Morgan fingerprint density at radius 3 is 1.53 bits per heavy atom. The molecule has 194 valence electrons. The molecule has 0 saturated carbocycles. The third-order valence-corrected chi connectivity index (χ3v) is 7.04. The van der Waals surface area contributed by atoms with Gasteiger partial charge in [-0.2, -0.15) is 0 Å². The summed E-state index contributed by atoms with van der Waals surface area (Å²) in [6.45, 7) is 27.7. The molecule has 1 aliphatic rings. The maximum Gasteiger partial charge on any atom is 1.00 e. The fourth-order valence-corrected chi connectivity index (χ4v) is 3.22. The first kappa shape index (κ1) is 40.7. The van der Waals surface area contributed by atoms with Gasteiger partial charge in [-0.3, -0.25) is 0 Å². The molecule has 0 aromatic heterocycles. The second-order valence-corrected chi connectivity index (χ2v) is 22.8. The van der Waals surface area contributed by atoms with Crippen molar-refractivity contribution in [2.75, 3.05) is 39.3 Å². The summed E-state index contributed by atoms with van der Waals surface area (Å²) >= 11 is 5.32. The minimum Gasteiger partial charge on any atom is -1.00 e. The molecule has 1 fully saturated rings. The molecule has 1 saturated heterocycles. The zero-order chi connectivity index (χ0) is 25.0. The number of aliphatic hydroxyl groups is 1. The Morgan fingerprint density at radius 1 is 0.906 bits per heavy atom. The molecule has 0 amide bonds. The minimum absolute atomic E-state index is 0. The van der Waals surface area contributed by atoms with Crippen LogP contribution < -0.4 is 29.6 Å². The quantitative estimate of drug-likeness (QED) is 0.213. The third kappa shape index (κ3) is 57.9. The van der Waals surface area contributed by atoms with Crippen LogP contribution in [0, 0.1) is 0 Å². The molecule has 0 radical (unpaired) electrons. The van der Waals surface area contributed by atoms with Crippen molar-refractivity contribution < 1.29 is 55.0 Å². The molecule has 0 unspecified atom stereocenters. The molecule has 0 spiro atoms. The summed E-state index contributed by atoms with van der Waals surface area (Å²) in [6.07, 6.45) is 2.39. The first-order chi connectivity index (χ1) is 14.0. The summed E-state index contributed by atoms with van der Waals surface area (Å²) in [5.74, 6) is 0. The molecule has 32 heavy (non-hydrogen) atoms. The van der Waals surface area contributed by atoms with Crippen LogP contribution in [0.1, 0.15) is 48.9 Å². The molecular weight excluding hydrogens is 471 g/mol. The van der Waals surface area contributed by atoms with E-state index in [2.05, 4.69) is 39.3 Å². The van der Waals surface area contributed by atoms with Crippen molar-refractivity contribution in [3.05, 3.63) is 0 Å². The van der Waals surface area contributed by atoms with Crippen molar-refractivity contribution in [3.63, 3.8) is 0 Å². The Kier molecular flexibility index (Phi) is 30.8. The van der Waals surface area contributed by atoms with E-state index in [-0.39, 0.29) is 42.7 Å². The monoisotopic (exact) mass is 526 g/mol. The number of halogens is 1. The van der Waals surface area contributed by atoms with Gasteiger partial charge in [0.25, 0.3) is 0 Å². The van der Waals surface area contributed by atoms with Crippen LogP contribution in [-0.4, -0.2) is 72.2 Å². The first-order valence-electron chi connectivity index (χ1n) is 11.6. The molecule has 0 aliphatic carbocycles. The Labute approximate surface area is 231 Å². The van der Waals surface area contributed by atoms with E-state index >= 15 is 0 Å². The number of alkyl halides is 1. The molecule has 1 rings (SSSR count). The number of aliphatic hydroxyl groups excluding tert-OH is 1. The van der Waals surface area contributed by atoms with Crippen LogP contribution >= 0.6 is 11.6 Å². The van der Waals surface area contributed by atoms with Crippen LogP contribution in [0.3, 0.4) is 0 Å². The van der Waals surface area contributed by atoms with Crippen molar-refractivity contribution in [1.82, 2.24) is 0 Å². The van der Waals surface area contributed by atoms with E-state index in [1.807, 2.05) is 20.8 Å². The van der Waals surface area contributed by atoms with Crippen LogP contribution in [0.5, 0.6) is 0 Å². The SMILES string of the molecule is C1CCOC1.CC(C)(C)OCOCC[Si](C)(C)C.CC(C)O.C[Si](C)(C)CCOCCl.[H-].[Na+]. The van der Waals surface area contributed by atoms with Crippen molar-refractivity contribution >= 4 is 27.7 Å². The van der Waals surface area contributed by atoms with E-state index in [0.29, 0.717) is 12.9 Å². The van der Waals surface area contributed by atoms with Gasteiger partial charge >= 0.3 is 29.6 Å². The van der Waals surface area contributed by atoms with Gasteiger partial charge in [-0.25, -0.2) is 0 Å². The van der Waals surface area contributed by atoms with Crippen LogP contribution in [-0.2, 0) is 18.9 Å². The number of rotatable bonds is 9. The molecule has 9 heteroatoms. The van der Waals surface area contributed by atoms with Gasteiger partial charge in [0.05, 0.1) is 5.60 Å². The van der Waals surface area contributed by atoms with E-state index in [9.17, 15) is 0 Å². The maximum absolute atomic E-state index is 8.06. The maximum atomic E-state index is 8.06. The van der Waals surface area contributed by atoms with Gasteiger partial charge in [0, 0.05) is 48.7 Å². The fourth-order valence-electron chi connectivity index (χ4n) is 1.60. The van der Waals surface area contributed by atoms with E-state index in [1.54, 1.807) is 13.8 Å². The third-order valence-electron chi connectivity index (χ3n) is 3.47. The largest absolute Gasteiger partial charge is 1.00 e. The molecule has 0 aromatic carbocycles. The molecule has 0 aromatic rings. The predicted molar refractivity (Wildman–Crippen MR) is 143 cm³/mol. The van der Waals surface area contributed by atoms with Crippen molar-refractivity contribution in [1.29, 1.82) is 0 Å². The van der Waals surface area contributed by atoms with Crippen LogP contribution in [0.4, 0.5) is 0 Å². The summed E-state index contributed by atoms with van der Waals surface area (Å²) in [6, 6.07) is 2.75. The van der Waals surface area contributed by atoms with Crippen LogP contribution in [0.15, 0.2) is 0 Å². The topological polar surface area (TPSA) is 57.2 Å². The van der Waals surface area contributed by atoms with Gasteiger partial charge in [0.15, 0.2) is 0 Å². The molecule has 0 atom stereocenters. The number of hydrogen-bond donors (Lipinski definition) is 1. The fraction of sp³-hybridized carbons (Fsp3) is 1.00. The Balaban J connectivity index is -0.000000113. The van der Waals surface area contributed by atoms with Crippen molar-refractivity contribution in [3.8, 4) is 0 Å². The molecule has 1 N–H and O–H groups in total. The van der Waals surface area contributed by atoms with Crippen molar-refractivity contribution in [2.24, 2.45) is 0 Å². The van der Waals surface area contributed by atoms with Gasteiger partial charge in [-0.05, 0) is 59.5 Å². The van der Waals surface area contributed by atoms with Gasteiger partial charge in [0.2, 0.25) is 0 Å². The number of hydrogen-bond acceptors (Lipinski definition) is 5. The van der Waals surface area contributed by atoms with Gasteiger partial charge < -0.3 is 25.5 Å². The molecule has 1 heterocycles. The number of ether oxygens (including phenoxy) is 4. The Bertz CT molecular complexity index is 347. The molecule has 5 nitrogen and oxygen atoms in total. The summed E-state index contributed by atoms with van der Waals surface area (Å²) in [4.78, 5) is 0. The van der Waals surface area contributed by atoms with E-state index in [1.165, 1.54) is 24.9 Å². The summed E-state index contributed by atoms with van der Waals surface area (Å²) in [5, 5.41) is 8.06. The summed E-state index contributed by atoms with van der Waals surface area (Å²) in [7, 11) is -1.81. The van der Waals surface area contributed by atoms with Gasteiger partial charge in [-0.15, -0.1) is 0 Å². The zero-order valence-electron chi connectivity index (χ0n) is 24.6. The average molecular weight is 527 g/mol. The summed E-state index contributed by atoms with van der Waals surface area (Å²) in [5.41, 5.74) is -0.0842. The predicted octanol–water partition coefficient (Wildman–Crippen LogP) is 3.95. The molecule has 1 aliphatic heterocycles. The smallest absolute Gasteiger partial charge is 1.00 e. The zero-order valence-corrected chi connectivity index (χ0v) is 28.4. The Morgan fingerprint density at radius 2 is 1.28 bits per heavy atom. The molecule has 0 bridgehead atoms. The van der Waals surface area contributed by atoms with Crippen molar-refractivity contribution in [2.45, 2.75) is 111 Å². The second-order valence-electron chi connectivity index (χ2n) is 11.3. The second kappa shape index (κ2) is 24.2. The van der Waals surface area contributed by atoms with E-state index < -0.39 is 16.1 Å². The Hall–Kier alpha value is 1.52. The van der Waals surface area contributed by atoms with E-state index in [0.717, 1.165) is 26.4 Å². The van der Waals surface area contributed by atoms with Crippen LogP contribution in [0.25, 0.3) is 0 Å². The standard InChI is InChI=1S/C10H24O2Si.C6H15ClOSi.C4H8O.C3H8O.Na.H/c1-10(2,3)12-9-11-7-8-13(4,5)6;1-9(2,3)5-4-8-6-7;1-2-4-5-3-1;1-3(2)4;;/h7-9H2,1-6H3;4-6H2,1-3H3;1-4H2;3-4H,1-2H3;;/q;;;;+1;-1. The van der Waals surface area contributed by atoms with E-state index in [4.69, 9.17) is 35.7 Å². The minimum atomic E-state index is -0.934. The normalized spacial score (nSPS) is 13.7. The van der Waals surface area contributed by atoms with Gasteiger partial charge in [-0.1, -0.05) is 50.9 Å². The summed E-state index contributed by atoms with van der Waals surface area (Å²) < 4.78 is 20.8. The molecular formula is C23H56ClNaO5Si2. The average Bonchev–Trinajstić information content (AvgIpc) is 3.11. The first-order valence-corrected chi connectivity index (χ1v) is 19.6. The van der Waals surface area contributed by atoms with Gasteiger partial charge in [0.1, 0.15) is 12.9 Å². The van der Waals surface area contributed by atoms with Crippen LogP contribution in [0.2, 0.25) is 51.4 Å².